The van der Waals surface area contributed by atoms with Crippen LogP contribution in [-0.4, -0.2) is 36.8 Å². The summed E-state index contributed by atoms with van der Waals surface area (Å²) in [5.74, 6) is 4.05. The molecule has 6 nitrogen and oxygen atoms in total. The molecule has 6 heteroatoms. The molecular weight excluding hydrogens is 340 g/mol. The van der Waals surface area contributed by atoms with Gasteiger partial charge in [-0.25, -0.2) is 4.98 Å². The van der Waals surface area contributed by atoms with Crippen molar-refractivity contribution in [2.45, 2.75) is 50.6 Å². The number of anilines is 2. The van der Waals surface area contributed by atoms with Gasteiger partial charge in [0.05, 0.1) is 19.9 Å². The lowest BCUT2D eigenvalue weighted by Crippen LogP contribution is -2.31. The number of nitrogens with zero attached hydrogens (tertiary/aromatic N) is 3. The number of fused-ring (bicyclic) bond motifs is 1. The van der Waals surface area contributed by atoms with E-state index in [1.54, 1.807) is 14.2 Å². The molecule has 0 saturated heterocycles. The summed E-state index contributed by atoms with van der Waals surface area (Å²) < 4.78 is 10.9. The van der Waals surface area contributed by atoms with E-state index in [1.807, 2.05) is 0 Å². The molecule has 2 fully saturated rings. The van der Waals surface area contributed by atoms with Crippen molar-refractivity contribution in [1.82, 2.24) is 9.97 Å². The van der Waals surface area contributed by atoms with Crippen molar-refractivity contribution < 1.29 is 9.47 Å². The van der Waals surface area contributed by atoms with Crippen LogP contribution in [0.5, 0.6) is 11.5 Å². The molecule has 3 aliphatic rings. The van der Waals surface area contributed by atoms with E-state index in [0.717, 1.165) is 42.8 Å². The number of hydrogen-bond acceptors (Lipinski definition) is 6. The van der Waals surface area contributed by atoms with E-state index in [1.165, 1.54) is 42.5 Å². The highest BCUT2D eigenvalue weighted by atomic mass is 16.5. The number of benzene rings is 1. The fourth-order valence-electron chi connectivity index (χ4n) is 3.76. The average molecular weight is 366 g/mol. The molecule has 0 unspecified atom stereocenters. The Kier molecular flexibility index (Phi) is 4.06. The summed E-state index contributed by atoms with van der Waals surface area (Å²) in [6.45, 7) is 1.78. The SMILES string of the molecule is COc1cc2c(cc1OC)CN(c1cc(C3CC3)nc(NC3CC3)n1)CC2. The van der Waals surface area contributed by atoms with Crippen molar-refractivity contribution in [3.63, 3.8) is 0 Å². The van der Waals surface area contributed by atoms with E-state index in [2.05, 4.69) is 28.4 Å². The molecule has 0 radical (unpaired) electrons. The molecule has 2 aromatic rings. The Morgan fingerprint density at radius 1 is 0.963 bits per heavy atom. The maximum Gasteiger partial charge on any atom is 0.225 e. The van der Waals surface area contributed by atoms with Crippen LogP contribution in [0, 0.1) is 0 Å². The topological polar surface area (TPSA) is 59.5 Å². The zero-order valence-corrected chi connectivity index (χ0v) is 16.0. The van der Waals surface area contributed by atoms with Crippen LogP contribution in [0.2, 0.25) is 0 Å². The summed E-state index contributed by atoms with van der Waals surface area (Å²) in [6, 6.07) is 6.97. The minimum absolute atomic E-state index is 0.561. The van der Waals surface area contributed by atoms with Crippen LogP contribution in [-0.2, 0) is 13.0 Å². The second-order valence-electron chi connectivity index (χ2n) is 7.81. The molecule has 0 spiro atoms. The Balaban J connectivity index is 1.44. The summed E-state index contributed by atoms with van der Waals surface area (Å²) in [4.78, 5) is 12.0. The third kappa shape index (κ3) is 3.40. The van der Waals surface area contributed by atoms with Crippen molar-refractivity contribution in [2.75, 3.05) is 31.0 Å². The van der Waals surface area contributed by atoms with Crippen molar-refractivity contribution in [3.05, 3.63) is 35.0 Å². The predicted molar refractivity (Wildman–Crippen MR) is 105 cm³/mol. The molecule has 1 N–H and O–H groups in total. The highest BCUT2D eigenvalue weighted by Crippen LogP contribution is 2.41. The van der Waals surface area contributed by atoms with Gasteiger partial charge in [0, 0.05) is 31.1 Å². The second-order valence-corrected chi connectivity index (χ2v) is 7.81. The average Bonchev–Trinajstić information content (AvgIpc) is 3.60. The largest absolute Gasteiger partial charge is 0.493 e. The first kappa shape index (κ1) is 16.7. The van der Waals surface area contributed by atoms with Crippen molar-refractivity contribution in [1.29, 1.82) is 0 Å². The highest BCUT2D eigenvalue weighted by molar-refractivity contribution is 5.53. The molecule has 1 aromatic heterocycles. The fourth-order valence-corrected chi connectivity index (χ4v) is 3.76. The number of hydrogen-bond donors (Lipinski definition) is 1. The Hall–Kier alpha value is -2.50. The molecule has 142 valence electrons. The van der Waals surface area contributed by atoms with Crippen LogP contribution in [0.1, 0.15) is 48.4 Å². The van der Waals surface area contributed by atoms with Gasteiger partial charge in [-0.2, -0.15) is 4.98 Å². The van der Waals surface area contributed by atoms with Crippen LogP contribution < -0.4 is 19.7 Å². The lowest BCUT2D eigenvalue weighted by atomic mass is 9.98. The fraction of sp³-hybridized carbons (Fsp3) is 0.524. The summed E-state index contributed by atoms with van der Waals surface area (Å²) in [7, 11) is 3.38. The van der Waals surface area contributed by atoms with E-state index in [0.29, 0.717) is 12.0 Å². The maximum atomic E-state index is 5.49. The van der Waals surface area contributed by atoms with E-state index >= 15 is 0 Å². The monoisotopic (exact) mass is 366 g/mol. The van der Waals surface area contributed by atoms with Gasteiger partial charge < -0.3 is 19.7 Å². The predicted octanol–water partition coefficient (Wildman–Crippen LogP) is 3.51. The lowest BCUT2D eigenvalue weighted by molar-refractivity contribution is 0.353. The maximum absolute atomic E-state index is 5.49. The van der Waals surface area contributed by atoms with Gasteiger partial charge in [0.2, 0.25) is 5.95 Å². The standard InChI is InChI=1S/C21H26N4O2/c1-26-18-9-14-7-8-25(12-15(14)10-19(18)27-2)20-11-17(13-3-4-13)23-21(24-20)22-16-5-6-16/h9-11,13,16H,3-8,12H2,1-2H3,(H,22,23,24). The summed E-state index contributed by atoms with van der Waals surface area (Å²) >= 11 is 0. The van der Waals surface area contributed by atoms with Crippen molar-refractivity contribution in [3.8, 4) is 11.5 Å². The number of rotatable bonds is 6. The first-order valence-corrected chi connectivity index (χ1v) is 9.87. The zero-order chi connectivity index (χ0) is 18.4. The minimum Gasteiger partial charge on any atom is -0.493 e. The third-order valence-electron chi connectivity index (χ3n) is 5.68. The van der Waals surface area contributed by atoms with E-state index < -0.39 is 0 Å². The van der Waals surface area contributed by atoms with Gasteiger partial charge in [0.1, 0.15) is 5.82 Å². The van der Waals surface area contributed by atoms with Crippen molar-refractivity contribution in [2.24, 2.45) is 0 Å². The normalized spacial score (nSPS) is 18.8. The number of nitrogens with one attached hydrogen (secondary N) is 1. The molecule has 0 atom stereocenters. The van der Waals surface area contributed by atoms with Gasteiger partial charge in [0.15, 0.2) is 11.5 Å². The third-order valence-corrected chi connectivity index (χ3v) is 5.68. The number of ether oxygens (including phenoxy) is 2. The van der Waals surface area contributed by atoms with Crippen LogP contribution in [0.25, 0.3) is 0 Å². The molecule has 27 heavy (non-hydrogen) atoms. The smallest absolute Gasteiger partial charge is 0.225 e. The van der Waals surface area contributed by atoms with E-state index in [4.69, 9.17) is 19.4 Å². The van der Waals surface area contributed by atoms with Crippen LogP contribution in [0.15, 0.2) is 18.2 Å². The molecular formula is C21H26N4O2. The molecule has 0 bridgehead atoms. The van der Waals surface area contributed by atoms with Crippen LogP contribution in [0.4, 0.5) is 11.8 Å². The van der Waals surface area contributed by atoms with Gasteiger partial charge in [0.25, 0.3) is 0 Å². The molecule has 2 saturated carbocycles. The highest BCUT2D eigenvalue weighted by Gasteiger charge is 2.29. The number of methoxy groups -OCH3 is 2. The molecule has 0 amide bonds. The van der Waals surface area contributed by atoms with Gasteiger partial charge >= 0.3 is 0 Å². The Morgan fingerprint density at radius 2 is 1.70 bits per heavy atom. The quantitative estimate of drug-likeness (QED) is 0.844. The van der Waals surface area contributed by atoms with E-state index in [-0.39, 0.29) is 0 Å². The second kappa shape index (κ2) is 6.59. The number of aromatic nitrogens is 2. The minimum atomic E-state index is 0.561. The lowest BCUT2D eigenvalue weighted by Gasteiger charge is -2.31. The molecule has 5 rings (SSSR count). The van der Waals surface area contributed by atoms with Crippen LogP contribution >= 0.6 is 0 Å². The Labute approximate surface area is 159 Å². The molecule has 2 aliphatic carbocycles. The summed E-state index contributed by atoms with van der Waals surface area (Å²) in [5.41, 5.74) is 3.81. The molecule has 1 aliphatic heterocycles. The molecule has 1 aromatic carbocycles. The van der Waals surface area contributed by atoms with Gasteiger partial charge in [-0.15, -0.1) is 0 Å². The van der Waals surface area contributed by atoms with Crippen LogP contribution in [0.3, 0.4) is 0 Å². The first-order valence-electron chi connectivity index (χ1n) is 9.87. The Morgan fingerprint density at radius 3 is 2.37 bits per heavy atom. The van der Waals surface area contributed by atoms with Gasteiger partial charge in [-0.3, -0.25) is 0 Å². The van der Waals surface area contributed by atoms with Crippen molar-refractivity contribution >= 4 is 11.8 Å². The zero-order valence-electron chi connectivity index (χ0n) is 16.0. The summed E-state index contributed by atoms with van der Waals surface area (Å²) in [6.07, 6.45) is 5.93. The summed E-state index contributed by atoms with van der Waals surface area (Å²) in [5, 5.41) is 3.49. The first-order chi connectivity index (χ1) is 13.2. The van der Waals surface area contributed by atoms with Gasteiger partial charge in [-0.1, -0.05) is 0 Å². The van der Waals surface area contributed by atoms with E-state index in [9.17, 15) is 0 Å². The molecule has 2 heterocycles. The van der Waals surface area contributed by atoms with Gasteiger partial charge in [-0.05, 0) is 55.4 Å². The Bertz CT molecular complexity index is 862.